The molecule has 0 amide bonds. The quantitative estimate of drug-likeness (QED) is 0.646. The molecule has 0 spiro atoms. The van der Waals surface area contributed by atoms with E-state index in [1.54, 1.807) is 11.8 Å². The first-order chi connectivity index (χ1) is 12.0. The monoisotopic (exact) mass is 344 g/mol. The van der Waals surface area contributed by atoms with Crippen LogP contribution in [0.1, 0.15) is 17.0 Å². The van der Waals surface area contributed by atoms with Crippen molar-refractivity contribution in [2.45, 2.75) is 19.8 Å². The minimum atomic E-state index is -0.727. The van der Waals surface area contributed by atoms with Gasteiger partial charge in [0.05, 0.1) is 4.92 Å². The lowest BCUT2D eigenvalue weighted by Crippen LogP contribution is -2.30. The van der Waals surface area contributed by atoms with Crippen LogP contribution >= 0.6 is 0 Å². The highest BCUT2D eigenvalue weighted by molar-refractivity contribution is 5.58. The normalized spacial score (nSPS) is 15.6. The molecule has 1 aromatic carbocycles. The molecular weight excluding hydrogens is 328 g/mol. The maximum atomic E-state index is 12.0. The summed E-state index contributed by atoms with van der Waals surface area (Å²) in [7, 11) is 0. The molecular formula is C16H16N4O5. The van der Waals surface area contributed by atoms with E-state index in [9.17, 15) is 14.9 Å². The number of fused-ring (bicyclic) bond motifs is 2. The summed E-state index contributed by atoms with van der Waals surface area (Å²) >= 11 is 0. The number of nitrogens with zero attached hydrogens (tertiary/aromatic N) is 3. The summed E-state index contributed by atoms with van der Waals surface area (Å²) in [5.41, 5.74) is 1.01. The second-order valence-electron chi connectivity index (χ2n) is 6.04. The molecule has 0 saturated heterocycles. The van der Waals surface area contributed by atoms with E-state index >= 15 is 0 Å². The lowest BCUT2D eigenvalue weighted by molar-refractivity contribution is -0.385. The molecule has 0 unspecified atom stereocenters. The Morgan fingerprint density at radius 2 is 1.80 bits per heavy atom. The number of aromatic nitrogens is 2. The van der Waals surface area contributed by atoms with Gasteiger partial charge in [-0.05, 0) is 43.0 Å². The average Bonchev–Trinajstić information content (AvgIpc) is 2.90. The van der Waals surface area contributed by atoms with E-state index in [1.165, 1.54) is 0 Å². The minimum absolute atomic E-state index is 0.124. The van der Waals surface area contributed by atoms with Gasteiger partial charge in [0.2, 0.25) is 12.6 Å². The zero-order valence-electron chi connectivity index (χ0n) is 13.6. The molecule has 2 aliphatic heterocycles. The topological polar surface area (TPSA) is 111 Å². The van der Waals surface area contributed by atoms with Crippen LogP contribution < -0.4 is 19.9 Å². The maximum absolute atomic E-state index is 12.0. The first kappa shape index (κ1) is 15.4. The summed E-state index contributed by atoms with van der Waals surface area (Å²) in [6.45, 7) is 2.90. The van der Waals surface area contributed by atoms with Crippen molar-refractivity contribution in [2.75, 3.05) is 24.8 Å². The molecule has 1 aromatic heterocycles. The van der Waals surface area contributed by atoms with Crippen LogP contribution in [0, 0.1) is 17.0 Å². The molecule has 0 aliphatic carbocycles. The van der Waals surface area contributed by atoms with Crippen LogP contribution in [0.25, 0.3) is 0 Å². The van der Waals surface area contributed by atoms with Crippen molar-refractivity contribution in [1.82, 2.24) is 9.97 Å². The van der Waals surface area contributed by atoms with Crippen LogP contribution in [0.15, 0.2) is 16.9 Å². The maximum Gasteiger partial charge on any atom is 0.375 e. The van der Waals surface area contributed by atoms with Crippen molar-refractivity contribution in [3.63, 3.8) is 0 Å². The largest absolute Gasteiger partial charge is 0.454 e. The Labute approximate surface area is 142 Å². The van der Waals surface area contributed by atoms with Crippen LogP contribution in [-0.4, -0.2) is 34.8 Å². The Morgan fingerprint density at radius 3 is 2.36 bits per heavy atom. The number of hydrogen-bond acceptors (Lipinski definition) is 7. The van der Waals surface area contributed by atoms with Crippen molar-refractivity contribution in [3.8, 4) is 11.5 Å². The van der Waals surface area contributed by atoms with E-state index in [0.29, 0.717) is 31.8 Å². The van der Waals surface area contributed by atoms with Crippen molar-refractivity contribution in [2.24, 2.45) is 0 Å². The van der Waals surface area contributed by atoms with E-state index in [0.717, 1.165) is 22.6 Å². The van der Waals surface area contributed by atoms with E-state index in [-0.39, 0.29) is 12.6 Å². The minimum Gasteiger partial charge on any atom is -0.454 e. The molecule has 0 fully saturated rings. The summed E-state index contributed by atoms with van der Waals surface area (Å²) in [6, 6.07) is 3.93. The van der Waals surface area contributed by atoms with Crippen LogP contribution in [0.2, 0.25) is 0 Å². The van der Waals surface area contributed by atoms with Crippen molar-refractivity contribution < 1.29 is 14.4 Å². The van der Waals surface area contributed by atoms with Gasteiger partial charge in [0.25, 0.3) is 0 Å². The van der Waals surface area contributed by atoms with E-state index in [2.05, 4.69) is 9.97 Å². The lowest BCUT2D eigenvalue weighted by atomic mass is 10.0. The fourth-order valence-electron chi connectivity index (χ4n) is 3.28. The molecule has 4 rings (SSSR count). The Hall–Kier alpha value is -3.10. The fraction of sp³-hybridized carbons (Fsp3) is 0.375. The molecule has 1 N–H and O–H groups in total. The third kappa shape index (κ3) is 2.67. The number of benzene rings is 1. The Morgan fingerprint density at radius 1 is 1.20 bits per heavy atom. The van der Waals surface area contributed by atoms with Gasteiger partial charge in [-0.1, -0.05) is 0 Å². The number of aromatic amines is 1. The number of rotatable bonds is 2. The predicted molar refractivity (Wildman–Crippen MR) is 88.4 cm³/mol. The van der Waals surface area contributed by atoms with Crippen LogP contribution in [0.5, 0.6) is 11.5 Å². The summed E-state index contributed by atoms with van der Waals surface area (Å²) < 4.78 is 10.8. The number of nitrogens with one attached hydrogen (secondary N) is 1. The molecule has 0 radical (unpaired) electrons. The molecule has 25 heavy (non-hydrogen) atoms. The lowest BCUT2D eigenvalue weighted by Gasteiger charge is -2.20. The van der Waals surface area contributed by atoms with Crippen LogP contribution in [0.3, 0.4) is 0 Å². The van der Waals surface area contributed by atoms with Crippen LogP contribution in [-0.2, 0) is 12.8 Å². The fourth-order valence-corrected chi connectivity index (χ4v) is 3.28. The molecule has 130 valence electrons. The Bertz CT molecular complexity index is 888. The average molecular weight is 344 g/mol. The van der Waals surface area contributed by atoms with Gasteiger partial charge in [0.15, 0.2) is 11.5 Å². The number of ether oxygens (including phenoxy) is 2. The molecule has 9 heteroatoms. The van der Waals surface area contributed by atoms with Crippen molar-refractivity contribution in [1.29, 1.82) is 0 Å². The van der Waals surface area contributed by atoms with E-state index in [1.807, 2.05) is 12.1 Å². The standard InChI is InChI=1S/C16H16N4O5/c1-9-17-15(14(20(22)23)16(21)18-9)19-4-2-10-6-12-13(25-8-24-12)7-11(10)3-5-19/h6-7H,2-5,8H2,1H3,(H,17,18,21). The summed E-state index contributed by atoms with van der Waals surface area (Å²) in [5, 5.41) is 11.3. The molecule has 2 aromatic rings. The second-order valence-corrected chi connectivity index (χ2v) is 6.04. The number of aryl methyl sites for hydroxylation is 1. The van der Waals surface area contributed by atoms with E-state index < -0.39 is 16.2 Å². The summed E-state index contributed by atoms with van der Waals surface area (Å²) in [4.78, 5) is 31.1. The number of H-pyrrole nitrogens is 1. The van der Waals surface area contributed by atoms with Gasteiger partial charge < -0.3 is 19.4 Å². The van der Waals surface area contributed by atoms with Gasteiger partial charge in [0, 0.05) is 13.1 Å². The van der Waals surface area contributed by atoms with Crippen molar-refractivity contribution in [3.05, 3.63) is 49.6 Å². The summed E-state index contributed by atoms with van der Waals surface area (Å²) in [6.07, 6.45) is 1.35. The van der Waals surface area contributed by atoms with Gasteiger partial charge in [0.1, 0.15) is 5.82 Å². The van der Waals surface area contributed by atoms with Crippen molar-refractivity contribution >= 4 is 11.5 Å². The highest BCUT2D eigenvalue weighted by Crippen LogP contribution is 2.36. The molecule has 2 aliphatic rings. The molecule has 0 bridgehead atoms. The van der Waals surface area contributed by atoms with Gasteiger partial charge >= 0.3 is 11.2 Å². The van der Waals surface area contributed by atoms with E-state index in [4.69, 9.17) is 9.47 Å². The Balaban J connectivity index is 1.69. The Kier molecular flexibility index (Phi) is 3.56. The number of anilines is 1. The highest BCUT2D eigenvalue weighted by atomic mass is 16.7. The molecule has 0 atom stereocenters. The van der Waals surface area contributed by atoms with Gasteiger partial charge in [-0.3, -0.25) is 14.9 Å². The number of hydrogen-bond donors (Lipinski definition) is 1. The molecule has 3 heterocycles. The zero-order valence-corrected chi connectivity index (χ0v) is 13.6. The summed E-state index contributed by atoms with van der Waals surface area (Å²) in [5.74, 6) is 1.93. The SMILES string of the molecule is Cc1nc(N2CCc3cc4c(cc3CC2)OCO4)c([N+](=O)[O-])c(=O)[nH]1. The first-order valence-corrected chi connectivity index (χ1v) is 7.94. The first-order valence-electron chi connectivity index (χ1n) is 7.94. The smallest absolute Gasteiger partial charge is 0.375 e. The predicted octanol–water partition coefficient (Wildman–Crippen LogP) is 1.32. The zero-order chi connectivity index (χ0) is 17.6. The van der Waals surface area contributed by atoms with Gasteiger partial charge in [-0.25, -0.2) is 4.98 Å². The molecule has 0 saturated carbocycles. The molecule has 9 nitrogen and oxygen atoms in total. The number of nitro groups is 1. The van der Waals surface area contributed by atoms with Crippen LogP contribution in [0.4, 0.5) is 11.5 Å². The van der Waals surface area contributed by atoms with Gasteiger partial charge in [-0.2, -0.15) is 0 Å². The highest BCUT2D eigenvalue weighted by Gasteiger charge is 2.28. The third-order valence-corrected chi connectivity index (χ3v) is 4.47. The second kappa shape index (κ2) is 5.76. The third-order valence-electron chi connectivity index (χ3n) is 4.47. The van der Waals surface area contributed by atoms with Gasteiger partial charge in [-0.15, -0.1) is 0 Å².